The zero-order chi connectivity index (χ0) is 13.0. The highest BCUT2D eigenvalue weighted by molar-refractivity contribution is 6.33. The lowest BCUT2D eigenvalue weighted by molar-refractivity contribution is 0.512. The molecule has 1 aliphatic rings. The Morgan fingerprint density at radius 3 is 3.11 bits per heavy atom. The number of pyridine rings is 1. The summed E-state index contributed by atoms with van der Waals surface area (Å²) >= 11 is 6.23. The van der Waals surface area contributed by atoms with Crippen molar-refractivity contribution in [1.82, 2.24) is 10.3 Å². The number of rotatable bonds is 5. The van der Waals surface area contributed by atoms with E-state index in [9.17, 15) is 0 Å². The Bertz CT molecular complexity index is 381. The quantitative estimate of drug-likeness (QED) is 0.889. The van der Waals surface area contributed by atoms with Gasteiger partial charge in [-0.1, -0.05) is 25.4 Å². The molecule has 1 aliphatic heterocycles. The van der Waals surface area contributed by atoms with E-state index in [4.69, 9.17) is 11.6 Å². The van der Waals surface area contributed by atoms with Gasteiger partial charge < -0.3 is 10.2 Å². The topological polar surface area (TPSA) is 28.2 Å². The van der Waals surface area contributed by atoms with Gasteiger partial charge in [0.25, 0.3) is 0 Å². The summed E-state index contributed by atoms with van der Waals surface area (Å²) in [6.07, 6.45) is 6.03. The van der Waals surface area contributed by atoms with Crippen molar-refractivity contribution in [2.75, 3.05) is 24.5 Å². The second-order valence-electron chi connectivity index (χ2n) is 5.37. The maximum atomic E-state index is 6.23. The Morgan fingerprint density at radius 1 is 1.56 bits per heavy atom. The summed E-state index contributed by atoms with van der Waals surface area (Å²) < 4.78 is 0. The molecule has 0 saturated carbocycles. The van der Waals surface area contributed by atoms with E-state index in [1.54, 1.807) is 6.20 Å². The Hall–Kier alpha value is -0.800. The molecule has 1 atom stereocenters. The molecule has 2 heterocycles. The number of anilines is 1. The van der Waals surface area contributed by atoms with Crippen molar-refractivity contribution in [3.63, 3.8) is 0 Å². The second-order valence-corrected chi connectivity index (χ2v) is 5.78. The van der Waals surface area contributed by atoms with Crippen LogP contribution in [0.25, 0.3) is 0 Å². The maximum absolute atomic E-state index is 6.23. The van der Waals surface area contributed by atoms with E-state index in [0.29, 0.717) is 12.0 Å². The van der Waals surface area contributed by atoms with E-state index in [-0.39, 0.29) is 0 Å². The number of halogens is 1. The third kappa shape index (κ3) is 3.36. The fourth-order valence-corrected chi connectivity index (χ4v) is 2.73. The summed E-state index contributed by atoms with van der Waals surface area (Å²) in [5, 5.41) is 4.30. The molecule has 1 unspecified atom stereocenters. The Kier molecular flexibility index (Phi) is 4.84. The number of nitrogens with one attached hydrogen (secondary N) is 1. The summed E-state index contributed by atoms with van der Waals surface area (Å²) in [6, 6.07) is 2.58. The molecule has 100 valence electrons. The lowest BCUT2D eigenvalue weighted by Gasteiger charge is -2.28. The van der Waals surface area contributed by atoms with E-state index in [1.165, 1.54) is 12.8 Å². The van der Waals surface area contributed by atoms with Gasteiger partial charge in [-0.05, 0) is 31.4 Å². The molecule has 2 rings (SSSR count). The van der Waals surface area contributed by atoms with Crippen LogP contribution >= 0.6 is 11.6 Å². The Balaban J connectivity index is 1.97. The molecule has 18 heavy (non-hydrogen) atoms. The molecule has 0 aromatic carbocycles. The van der Waals surface area contributed by atoms with Crippen LogP contribution in [0.15, 0.2) is 18.5 Å². The number of hydrogen-bond acceptors (Lipinski definition) is 3. The molecule has 4 heteroatoms. The van der Waals surface area contributed by atoms with Crippen LogP contribution in [0.1, 0.15) is 26.7 Å². The molecule has 0 aliphatic carbocycles. The molecule has 1 aromatic rings. The normalized spacial score (nSPS) is 19.8. The van der Waals surface area contributed by atoms with Gasteiger partial charge in [-0.25, -0.2) is 0 Å². The maximum Gasteiger partial charge on any atom is 0.0822 e. The number of hydrogen-bond donors (Lipinski definition) is 1. The van der Waals surface area contributed by atoms with Gasteiger partial charge in [0.2, 0.25) is 0 Å². The first-order chi connectivity index (χ1) is 8.68. The average molecular weight is 268 g/mol. The van der Waals surface area contributed by atoms with Gasteiger partial charge in [-0.15, -0.1) is 0 Å². The molecule has 0 amide bonds. The molecule has 1 fully saturated rings. The van der Waals surface area contributed by atoms with Gasteiger partial charge in [0.1, 0.15) is 0 Å². The summed E-state index contributed by atoms with van der Waals surface area (Å²) in [5.74, 6) is 0.698. The van der Waals surface area contributed by atoms with Crippen LogP contribution in [0, 0.1) is 5.92 Å². The first-order valence-corrected chi connectivity index (χ1v) is 7.13. The monoisotopic (exact) mass is 267 g/mol. The molecule has 1 aromatic heterocycles. The van der Waals surface area contributed by atoms with Crippen molar-refractivity contribution in [3.8, 4) is 0 Å². The minimum Gasteiger partial charge on any atom is -0.366 e. The lowest BCUT2D eigenvalue weighted by atomic mass is 10.2. The van der Waals surface area contributed by atoms with Crippen molar-refractivity contribution in [2.45, 2.75) is 32.7 Å². The average Bonchev–Trinajstić information content (AvgIpc) is 2.77. The molecular weight excluding hydrogens is 246 g/mol. The summed E-state index contributed by atoms with van der Waals surface area (Å²) in [4.78, 5) is 6.47. The molecule has 0 bridgehead atoms. The third-order valence-electron chi connectivity index (χ3n) is 3.37. The smallest absolute Gasteiger partial charge is 0.0822 e. The van der Waals surface area contributed by atoms with Crippen LogP contribution in [-0.4, -0.2) is 30.7 Å². The van der Waals surface area contributed by atoms with Crippen LogP contribution in [0.2, 0.25) is 5.02 Å². The van der Waals surface area contributed by atoms with Crippen molar-refractivity contribution in [2.24, 2.45) is 5.92 Å². The van der Waals surface area contributed by atoms with E-state index >= 15 is 0 Å². The summed E-state index contributed by atoms with van der Waals surface area (Å²) in [7, 11) is 0. The number of aromatic nitrogens is 1. The van der Waals surface area contributed by atoms with Crippen molar-refractivity contribution >= 4 is 17.3 Å². The zero-order valence-corrected chi connectivity index (χ0v) is 12.0. The van der Waals surface area contributed by atoms with E-state index in [2.05, 4.69) is 29.0 Å². The fraction of sp³-hybridized carbons (Fsp3) is 0.643. The summed E-state index contributed by atoms with van der Waals surface area (Å²) in [6.45, 7) is 7.68. The zero-order valence-electron chi connectivity index (χ0n) is 11.2. The van der Waals surface area contributed by atoms with Crippen molar-refractivity contribution in [3.05, 3.63) is 23.5 Å². The first-order valence-electron chi connectivity index (χ1n) is 6.75. The standard InChI is InChI=1S/C14H22ClN3/c1-11(2)8-17-9-12-4-3-7-18(12)14-5-6-16-10-13(14)15/h5-6,10-12,17H,3-4,7-9H2,1-2H3. The Morgan fingerprint density at radius 2 is 2.39 bits per heavy atom. The van der Waals surface area contributed by atoms with Crippen LogP contribution < -0.4 is 10.2 Å². The highest BCUT2D eigenvalue weighted by Crippen LogP contribution is 2.30. The Labute approximate surface area is 115 Å². The minimum absolute atomic E-state index is 0.559. The molecule has 1 N–H and O–H groups in total. The second kappa shape index (κ2) is 6.39. The van der Waals surface area contributed by atoms with E-state index in [0.717, 1.165) is 30.3 Å². The number of nitrogens with zero attached hydrogens (tertiary/aromatic N) is 2. The van der Waals surface area contributed by atoms with Gasteiger partial charge in [0.05, 0.1) is 10.7 Å². The van der Waals surface area contributed by atoms with Crippen molar-refractivity contribution in [1.29, 1.82) is 0 Å². The molecule has 3 nitrogen and oxygen atoms in total. The van der Waals surface area contributed by atoms with E-state index < -0.39 is 0 Å². The van der Waals surface area contributed by atoms with Crippen LogP contribution in [0.4, 0.5) is 5.69 Å². The fourth-order valence-electron chi connectivity index (χ4n) is 2.50. The molecular formula is C14H22ClN3. The van der Waals surface area contributed by atoms with Crippen LogP contribution in [0.3, 0.4) is 0 Å². The van der Waals surface area contributed by atoms with Gasteiger partial charge in [0.15, 0.2) is 0 Å². The van der Waals surface area contributed by atoms with Gasteiger partial charge in [0, 0.05) is 31.5 Å². The van der Waals surface area contributed by atoms with Gasteiger partial charge >= 0.3 is 0 Å². The molecule has 0 radical (unpaired) electrons. The predicted molar refractivity (Wildman–Crippen MR) is 77.3 cm³/mol. The summed E-state index contributed by atoms with van der Waals surface area (Å²) in [5.41, 5.74) is 1.13. The first kappa shape index (κ1) is 13.6. The van der Waals surface area contributed by atoms with Crippen molar-refractivity contribution < 1.29 is 0 Å². The molecule has 1 saturated heterocycles. The van der Waals surface area contributed by atoms with Crippen LogP contribution in [-0.2, 0) is 0 Å². The SMILES string of the molecule is CC(C)CNCC1CCCN1c1ccncc1Cl. The molecule has 0 spiro atoms. The van der Waals surface area contributed by atoms with Gasteiger partial charge in [-0.3, -0.25) is 4.98 Å². The lowest BCUT2D eigenvalue weighted by Crippen LogP contribution is -2.39. The van der Waals surface area contributed by atoms with Crippen LogP contribution in [0.5, 0.6) is 0 Å². The third-order valence-corrected chi connectivity index (χ3v) is 3.66. The highest BCUT2D eigenvalue weighted by Gasteiger charge is 2.25. The highest BCUT2D eigenvalue weighted by atomic mass is 35.5. The largest absolute Gasteiger partial charge is 0.366 e. The van der Waals surface area contributed by atoms with E-state index in [1.807, 2.05) is 12.3 Å². The predicted octanol–water partition coefficient (Wildman–Crippen LogP) is 2.95. The van der Waals surface area contributed by atoms with Gasteiger partial charge in [-0.2, -0.15) is 0 Å². The minimum atomic E-state index is 0.559.